The highest BCUT2D eigenvalue weighted by Crippen LogP contribution is 2.40. The maximum atomic E-state index is 10.8. The average molecular weight is 265 g/mol. The van der Waals surface area contributed by atoms with Crippen molar-refractivity contribution in [3.63, 3.8) is 0 Å². The molecular weight excluding hydrogens is 242 g/mol. The molecular formula is C15H23NO3. The van der Waals surface area contributed by atoms with Crippen LogP contribution in [-0.4, -0.2) is 16.3 Å². The molecule has 19 heavy (non-hydrogen) atoms. The van der Waals surface area contributed by atoms with Crippen LogP contribution in [0.4, 0.5) is 10.5 Å². The molecule has 0 spiro atoms. The van der Waals surface area contributed by atoms with E-state index >= 15 is 0 Å². The number of nitrogens with one attached hydrogen (secondary N) is 1. The second-order valence-corrected chi connectivity index (χ2v) is 6.85. The summed E-state index contributed by atoms with van der Waals surface area (Å²) < 4.78 is 0. The molecule has 0 fully saturated rings. The van der Waals surface area contributed by atoms with Crippen LogP contribution in [0.1, 0.15) is 52.7 Å². The van der Waals surface area contributed by atoms with Gasteiger partial charge in [-0.3, -0.25) is 5.32 Å². The highest BCUT2D eigenvalue weighted by Gasteiger charge is 2.26. The van der Waals surface area contributed by atoms with E-state index < -0.39 is 6.09 Å². The number of phenolic OH excluding ortho intramolecular Hbond substituents is 1. The summed E-state index contributed by atoms with van der Waals surface area (Å²) in [5, 5.41) is 21.7. The number of hydrogen-bond donors (Lipinski definition) is 3. The Kier molecular flexibility index (Phi) is 3.84. The number of anilines is 1. The molecule has 0 heterocycles. The molecule has 4 heteroatoms. The van der Waals surface area contributed by atoms with Crippen LogP contribution in [0.25, 0.3) is 0 Å². The molecule has 0 aliphatic heterocycles. The lowest BCUT2D eigenvalue weighted by Gasteiger charge is -2.28. The maximum absolute atomic E-state index is 10.8. The average Bonchev–Trinajstić information content (AvgIpc) is 2.16. The van der Waals surface area contributed by atoms with Crippen molar-refractivity contribution in [2.24, 2.45) is 0 Å². The first kappa shape index (κ1) is 15.3. The lowest BCUT2D eigenvalue weighted by molar-refractivity contribution is 0.209. The predicted molar refractivity (Wildman–Crippen MR) is 77.2 cm³/mol. The third kappa shape index (κ3) is 3.63. The van der Waals surface area contributed by atoms with Gasteiger partial charge in [-0.1, -0.05) is 41.5 Å². The zero-order chi connectivity index (χ0) is 15.0. The van der Waals surface area contributed by atoms with Crippen molar-refractivity contribution in [2.45, 2.75) is 52.4 Å². The normalized spacial score (nSPS) is 12.3. The van der Waals surface area contributed by atoms with E-state index in [0.29, 0.717) is 5.69 Å². The molecule has 106 valence electrons. The quantitative estimate of drug-likeness (QED) is 0.670. The number of rotatable bonds is 1. The van der Waals surface area contributed by atoms with Crippen LogP contribution in [0.3, 0.4) is 0 Å². The molecule has 1 rings (SSSR count). The molecule has 1 aromatic carbocycles. The summed E-state index contributed by atoms with van der Waals surface area (Å²) in [5.74, 6) is 0.246. The van der Waals surface area contributed by atoms with Crippen molar-refractivity contribution in [3.8, 4) is 5.75 Å². The Morgan fingerprint density at radius 3 is 1.63 bits per heavy atom. The van der Waals surface area contributed by atoms with Gasteiger partial charge >= 0.3 is 6.09 Å². The summed E-state index contributed by atoms with van der Waals surface area (Å²) in [6.07, 6.45) is -1.11. The largest absolute Gasteiger partial charge is 0.507 e. The van der Waals surface area contributed by atoms with E-state index in [9.17, 15) is 9.90 Å². The van der Waals surface area contributed by atoms with Gasteiger partial charge in [0.1, 0.15) is 5.75 Å². The topological polar surface area (TPSA) is 69.6 Å². The standard InChI is InChI=1S/C15H23NO3/c1-14(2,3)10-7-9(16-13(18)19)8-11(12(10)17)15(4,5)6/h7-8,16-17H,1-6H3,(H,18,19). The second-order valence-electron chi connectivity index (χ2n) is 6.85. The predicted octanol–water partition coefficient (Wildman–Crippen LogP) is 4.08. The Morgan fingerprint density at radius 1 is 1.00 bits per heavy atom. The molecule has 0 aliphatic carbocycles. The fourth-order valence-corrected chi connectivity index (χ4v) is 1.97. The van der Waals surface area contributed by atoms with Crippen LogP contribution >= 0.6 is 0 Å². The van der Waals surface area contributed by atoms with Crippen molar-refractivity contribution >= 4 is 11.8 Å². The molecule has 0 saturated carbocycles. The summed E-state index contributed by atoms with van der Waals surface area (Å²) in [7, 11) is 0. The van der Waals surface area contributed by atoms with E-state index in [-0.39, 0.29) is 16.6 Å². The molecule has 1 aromatic rings. The van der Waals surface area contributed by atoms with E-state index in [1.165, 1.54) is 0 Å². The Morgan fingerprint density at radius 2 is 1.37 bits per heavy atom. The summed E-state index contributed by atoms with van der Waals surface area (Å²) in [6, 6.07) is 3.39. The molecule has 0 atom stereocenters. The minimum absolute atomic E-state index is 0.246. The summed E-state index contributed by atoms with van der Waals surface area (Å²) in [5.41, 5.74) is 1.44. The Bertz CT molecular complexity index is 458. The van der Waals surface area contributed by atoms with Gasteiger partial charge in [-0.15, -0.1) is 0 Å². The minimum atomic E-state index is -1.11. The lowest BCUT2D eigenvalue weighted by atomic mass is 9.79. The van der Waals surface area contributed by atoms with Crippen molar-refractivity contribution in [2.75, 3.05) is 5.32 Å². The molecule has 0 aromatic heterocycles. The highest BCUT2D eigenvalue weighted by molar-refractivity contribution is 5.83. The fourth-order valence-electron chi connectivity index (χ4n) is 1.97. The van der Waals surface area contributed by atoms with Gasteiger partial charge in [-0.05, 0) is 23.0 Å². The van der Waals surface area contributed by atoms with Gasteiger partial charge in [0, 0.05) is 16.8 Å². The van der Waals surface area contributed by atoms with Gasteiger partial charge < -0.3 is 10.2 Å². The van der Waals surface area contributed by atoms with Gasteiger partial charge in [0.25, 0.3) is 0 Å². The smallest absolute Gasteiger partial charge is 0.409 e. The van der Waals surface area contributed by atoms with Gasteiger partial charge in [0.15, 0.2) is 0 Å². The SMILES string of the molecule is CC(C)(C)c1cc(NC(=O)O)cc(C(C)(C)C)c1O. The van der Waals surface area contributed by atoms with Crippen molar-refractivity contribution < 1.29 is 15.0 Å². The first-order valence-corrected chi connectivity index (χ1v) is 6.31. The summed E-state index contributed by atoms with van der Waals surface area (Å²) >= 11 is 0. The lowest BCUT2D eigenvalue weighted by Crippen LogP contribution is -2.18. The third-order valence-corrected chi connectivity index (χ3v) is 2.98. The van der Waals surface area contributed by atoms with E-state index in [2.05, 4.69) is 5.32 Å². The third-order valence-electron chi connectivity index (χ3n) is 2.98. The van der Waals surface area contributed by atoms with Crippen LogP contribution in [-0.2, 0) is 10.8 Å². The highest BCUT2D eigenvalue weighted by atomic mass is 16.4. The monoisotopic (exact) mass is 265 g/mol. The summed E-state index contributed by atoms with van der Waals surface area (Å²) in [6.45, 7) is 11.9. The van der Waals surface area contributed by atoms with Gasteiger partial charge in [0.2, 0.25) is 0 Å². The minimum Gasteiger partial charge on any atom is -0.507 e. The number of carboxylic acid groups (broad SMARTS) is 1. The molecule has 0 saturated heterocycles. The van der Waals surface area contributed by atoms with Crippen LogP contribution in [0, 0.1) is 0 Å². The van der Waals surface area contributed by atoms with Gasteiger partial charge in [-0.25, -0.2) is 4.79 Å². The number of aromatic hydroxyl groups is 1. The number of phenols is 1. The Hall–Kier alpha value is -1.71. The molecule has 3 N–H and O–H groups in total. The van der Waals surface area contributed by atoms with E-state index in [0.717, 1.165) is 11.1 Å². The summed E-state index contributed by atoms with van der Waals surface area (Å²) in [4.78, 5) is 10.8. The zero-order valence-corrected chi connectivity index (χ0v) is 12.5. The van der Waals surface area contributed by atoms with Crippen LogP contribution in [0.2, 0.25) is 0 Å². The molecule has 0 radical (unpaired) electrons. The van der Waals surface area contributed by atoms with Gasteiger partial charge in [0.05, 0.1) is 0 Å². The molecule has 1 amide bonds. The van der Waals surface area contributed by atoms with E-state index in [1.54, 1.807) is 12.1 Å². The molecule has 0 unspecified atom stereocenters. The fraction of sp³-hybridized carbons (Fsp3) is 0.533. The number of hydrogen-bond acceptors (Lipinski definition) is 2. The van der Waals surface area contributed by atoms with Crippen molar-refractivity contribution in [3.05, 3.63) is 23.3 Å². The van der Waals surface area contributed by atoms with Crippen LogP contribution in [0.15, 0.2) is 12.1 Å². The van der Waals surface area contributed by atoms with Crippen LogP contribution < -0.4 is 5.32 Å². The Balaban J connectivity index is 3.52. The number of carbonyl (C=O) groups is 1. The first-order chi connectivity index (χ1) is 8.43. The number of benzene rings is 1. The van der Waals surface area contributed by atoms with Crippen molar-refractivity contribution in [1.29, 1.82) is 0 Å². The van der Waals surface area contributed by atoms with Gasteiger partial charge in [-0.2, -0.15) is 0 Å². The second kappa shape index (κ2) is 4.76. The molecule has 0 aliphatic rings. The molecule has 4 nitrogen and oxygen atoms in total. The van der Waals surface area contributed by atoms with Crippen molar-refractivity contribution in [1.82, 2.24) is 0 Å². The zero-order valence-electron chi connectivity index (χ0n) is 12.5. The van der Waals surface area contributed by atoms with Crippen LogP contribution in [0.5, 0.6) is 5.75 Å². The molecule has 0 bridgehead atoms. The van der Waals surface area contributed by atoms with E-state index in [1.807, 2.05) is 41.5 Å². The maximum Gasteiger partial charge on any atom is 0.409 e. The number of amides is 1. The van der Waals surface area contributed by atoms with E-state index in [4.69, 9.17) is 5.11 Å². The Labute approximate surface area is 114 Å². The first-order valence-electron chi connectivity index (χ1n) is 6.31.